The van der Waals surface area contributed by atoms with Crippen molar-refractivity contribution >= 4 is 0 Å². The molecule has 0 fully saturated rings. The molecule has 532 valence electrons. The molecule has 0 atom stereocenters. The topological polar surface area (TPSA) is 266 Å². The summed E-state index contributed by atoms with van der Waals surface area (Å²) in [5.74, 6) is 1.23. The van der Waals surface area contributed by atoms with Gasteiger partial charge in [0.25, 0.3) is 6.43 Å². The van der Waals surface area contributed by atoms with Gasteiger partial charge in [-0.25, -0.2) is 28.0 Å². The molecule has 0 N–H and O–H groups in total. The van der Waals surface area contributed by atoms with Crippen LogP contribution in [0, 0.1) is 24.3 Å². The number of ether oxygens (including phenoxy) is 6. The molecular weight excluding hydrogens is 1700 g/mol. The van der Waals surface area contributed by atoms with E-state index < -0.39 is 66.3 Å². The third-order valence-electron chi connectivity index (χ3n) is 13.6. The molecule has 12 aromatic rings. The molecule has 0 unspecified atom stereocenters. The maximum absolute atomic E-state index is 13.4. The van der Waals surface area contributed by atoms with Crippen molar-refractivity contribution in [3.8, 4) is 57.2 Å². The van der Waals surface area contributed by atoms with E-state index in [-0.39, 0.29) is 207 Å². The Morgan fingerprint density at radius 1 is 0.375 bits per heavy atom. The molecule has 0 aliphatic rings. The maximum Gasteiger partial charge on any atom is 0.573 e. The smallest absolute Gasteiger partial charge is 0.514 e. The van der Waals surface area contributed by atoms with E-state index in [4.69, 9.17) is 18.9 Å². The SMILES string of the molecule is Cn1nnn(-c2cccc(C(F)(F)F)c2COc2cc[c-]cc2)c1=O.Cn1nnn(-c2cccc(C(F)F)c2COc2cc[c-]cc2)c1=O.Cn1nnn(-c2cccc(OC(F)(F)F)c2COc2cc[c-]cc2)c1=O.Cn1nnn(-c2cccc(OC(F)F)c2COc2cc[c-]cc2)c1=O.[Y].[Y].[Y].[Y]. The molecule has 12 rings (SSSR count). The summed E-state index contributed by atoms with van der Waals surface area (Å²) in [5.41, 5.74) is -2.71. The molecule has 0 saturated carbocycles. The molecule has 4 aromatic heterocycles. The summed E-state index contributed by atoms with van der Waals surface area (Å²) in [5, 5.41) is 29.1. The zero-order chi connectivity index (χ0) is 71.7. The number of alkyl halides is 10. The van der Waals surface area contributed by atoms with E-state index in [2.05, 4.69) is 75.4 Å². The van der Waals surface area contributed by atoms with Crippen LogP contribution in [0.15, 0.2) is 189 Å². The van der Waals surface area contributed by atoms with Crippen molar-refractivity contribution in [1.29, 1.82) is 0 Å². The minimum atomic E-state index is -4.90. The number of tetrazole rings is 4. The van der Waals surface area contributed by atoms with Crippen molar-refractivity contribution in [3.63, 3.8) is 0 Å². The Balaban J connectivity index is 0.000000246. The summed E-state index contributed by atoms with van der Waals surface area (Å²) in [7, 11) is 5.59. The second-order valence-electron chi connectivity index (χ2n) is 20.2. The number of benzene rings is 8. The van der Waals surface area contributed by atoms with Crippen LogP contribution in [0.3, 0.4) is 0 Å². The minimum Gasteiger partial charge on any atom is -0.514 e. The van der Waals surface area contributed by atoms with Gasteiger partial charge >= 0.3 is 41.9 Å². The number of nitrogens with zero attached hydrogens (tertiary/aromatic N) is 16. The van der Waals surface area contributed by atoms with Crippen LogP contribution in [0.1, 0.15) is 39.8 Å². The predicted octanol–water partition coefficient (Wildman–Crippen LogP) is 8.83. The van der Waals surface area contributed by atoms with Crippen molar-refractivity contribution in [2.24, 2.45) is 28.2 Å². The van der Waals surface area contributed by atoms with E-state index in [0.29, 0.717) is 23.0 Å². The Kier molecular flexibility index (Phi) is 33.5. The zero-order valence-electron chi connectivity index (χ0n) is 54.5. The minimum absolute atomic E-state index is 0. The number of aromatic nitrogens is 16. The first kappa shape index (κ1) is 86.4. The molecule has 26 nitrogen and oxygen atoms in total. The van der Waals surface area contributed by atoms with Crippen LogP contribution in [0.4, 0.5) is 43.9 Å². The molecule has 0 aliphatic carbocycles. The van der Waals surface area contributed by atoms with Crippen LogP contribution in [0.2, 0.25) is 0 Å². The van der Waals surface area contributed by atoms with E-state index in [1.807, 2.05) is 0 Å². The van der Waals surface area contributed by atoms with Gasteiger partial charge in [0.2, 0.25) is 0 Å². The van der Waals surface area contributed by atoms with Gasteiger partial charge in [-0.3, -0.25) is 0 Å². The van der Waals surface area contributed by atoms with Crippen LogP contribution in [0.5, 0.6) is 34.5 Å². The second kappa shape index (κ2) is 40.3. The maximum atomic E-state index is 13.4. The van der Waals surface area contributed by atoms with Crippen LogP contribution in [-0.4, -0.2) is 92.1 Å². The van der Waals surface area contributed by atoms with Gasteiger partial charge < -0.3 is 28.4 Å². The second-order valence-corrected chi connectivity index (χ2v) is 20.2. The molecule has 40 heteroatoms. The Morgan fingerprint density at radius 2 is 0.663 bits per heavy atom. The van der Waals surface area contributed by atoms with Gasteiger partial charge in [-0.2, -0.15) is 132 Å². The number of hydrogen-bond donors (Lipinski definition) is 0. The molecule has 0 spiro atoms. The Bertz CT molecular complexity index is 4930. The number of halogens is 10. The number of rotatable bonds is 20. The predicted molar refractivity (Wildman–Crippen MR) is 328 cm³/mol. The van der Waals surface area contributed by atoms with Crippen molar-refractivity contribution in [2.45, 2.75) is 52.0 Å². The quantitative estimate of drug-likeness (QED) is 0.0509. The zero-order valence-corrected chi connectivity index (χ0v) is 65.8. The fraction of sp³-hybridized carbons (Fsp3) is 0.188. The summed E-state index contributed by atoms with van der Waals surface area (Å²) in [6, 6.07) is 53.3. The van der Waals surface area contributed by atoms with Crippen molar-refractivity contribution < 1.29 is 203 Å². The van der Waals surface area contributed by atoms with Gasteiger partial charge in [0.15, 0.2) is 0 Å². The Morgan fingerprint density at radius 3 is 0.971 bits per heavy atom. The molecular formula is C64H50F10N16O10Y4-4. The molecule has 4 heterocycles. The van der Waals surface area contributed by atoms with Gasteiger partial charge in [0.05, 0.1) is 39.4 Å². The third kappa shape index (κ3) is 23.1. The van der Waals surface area contributed by atoms with Crippen molar-refractivity contribution in [1.82, 2.24) is 79.2 Å². The molecule has 4 radical (unpaired) electrons. The van der Waals surface area contributed by atoms with Crippen molar-refractivity contribution in [3.05, 3.63) is 269 Å². The van der Waals surface area contributed by atoms with Gasteiger partial charge in [-0.15, -0.1) is 61.7 Å². The van der Waals surface area contributed by atoms with Crippen LogP contribution < -0.4 is 51.2 Å². The standard InChI is InChI=1S/C16H12F3N4O3.C16H12F3N4O2.C16H13F2N4O3.C16H13F2N4O2.4Y/c1-22-15(24)23(21-20-22)13-8-5-9-14(26-16(17,18)19)12(13)10-25-11-6-3-2-4-7-11;1-22-15(24)23(21-20-22)14-9-5-8-13(16(17,18)19)12(14)10-25-11-6-3-2-4-7-11;1-21-16(23)22(20-19-21)13-8-5-9-14(25-15(17)18)12(13)10-24-11-6-3-2-4-7-11;1-21-16(23)22(20-19-21)14-9-5-8-12(15(17)18)13(14)10-24-11-6-3-2-4-7-11;;;;/h3-9H,10H2,1H3;3-9H,10H2,1H3;3-9,15H,10H2,1H3;3-9,15H,10H2,1H3;;;;/q4*-1;;;;. The first-order chi connectivity index (χ1) is 47.9. The molecule has 0 bridgehead atoms. The summed E-state index contributed by atoms with van der Waals surface area (Å²) >= 11 is 0. The van der Waals surface area contributed by atoms with E-state index in [0.717, 1.165) is 49.6 Å². The van der Waals surface area contributed by atoms with Gasteiger partial charge in [-0.1, -0.05) is 30.3 Å². The fourth-order valence-corrected chi connectivity index (χ4v) is 8.92. The third-order valence-corrected chi connectivity index (χ3v) is 13.6. The average molecular weight is 1750 g/mol. The largest absolute Gasteiger partial charge is 0.573 e. The molecule has 0 saturated heterocycles. The van der Waals surface area contributed by atoms with E-state index >= 15 is 0 Å². The van der Waals surface area contributed by atoms with E-state index in [9.17, 15) is 63.1 Å². The molecule has 0 amide bonds. The fourth-order valence-electron chi connectivity index (χ4n) is 8.92. The summed E-state index contributed by atoms with van der Waals surface area (Å²) in [4.78, 5) is 48.3. The summed E-state index contributed by atoms with van der Waals surface area (Å²) < 4.78 is 169. The number of hydrogen-bond acceptors (Lipinski definition) is 18. The van der Waals surface area contributed by atoms with Gasteiger partial charge in [0.1, 0.15) is 37.9 Å². The summed E-state index contributed by atoms with van der Waals surface area (Å²) in [6.07, 6.45) is -12.2. The van der Waals surface area contributed by atoms with Crippen LogP contribution >= 0.6 is 0 Å². The Labute approximate surface area is 682 Å². The van der Waals surface area contributed by atoms with Crippen LogP contribution in [-0.2, 0) is 192 Å². The van der Waals surface area contributed by atoms with Gasteiger partial charge in [0, 0.05) is 199 Å². The van der Waals surface area contributed by atoms with Crippen LogP contribution in [0.25, 0.3) is 22.7 Å². The normalized spacial score (nSPS) is 10.8. The van der Waals surface area contributed by atoms with Crippen molar-refractivity contribution in [2.75, 3.05) is 0 Å². The molecule has 0 aliphatic heterocycles. The monoisotopic (exact) mass is 1750 g/mol. The van der Waals surface area contributed by atoms with E-state index in [1.54, 1.807) is 103 Å². The Hall–Kier alpha value is -8.24. The van der Waals surface area contributed by atoms with Gasteiger partial charge in [-0.05, 0) is 84.2 Å². The average Bonchev–Trinajstić information content (AvgIpc) is 1.48. The molecule has 104 heavy (non-hydrogen) atoms. The first-order valence-electron chi connectivity index (χ1n) is 28.7. The summed E-state index contributed by atoms with van der Waals surface area (Å²) in [6.45, 7) is -3.93. The molecule has 8 aromatic carbocycles. The van der Waals surface area contributed by atoms with E-state index in [1.165, 1.54) is 82.8 Å². The first-order valence-corrected chi connectivity index (χ1v) is 28.7. The number of aryl methyl sites for hydroxylation is 4.